The van der Waals surface area contributed by atoms with E-state index < -0.39 is 6.10 Å². The number of hydrogen-bond acceptors (Lipinski definition) is 5. The Morgan fingerprint density at radius 3 is 2.56 bits per heavy atom. The van der Waals surface area contributed by atoms with Crippen molar-refractivity contribution in [3.8, 4) is 5.75 Å². The number of thioether (sulfide) groups is 1. The third kappa shape index (κ3) is 4.34. The standard InChI is InChI=1S/C21H24N2O3S/c1-4-23-20(25)17-10-5-6-11-18(17)22-21(23)27-13-16(24)12-26-19-14(2)8-7-9-15(19)3/h5-11,16,24H,4,12-13H2,1-3H3/t16-/m1/s1. The van der Waals surface area contributed by atoms with E-state index in [0.717, 1.165) is 16.9 Å². The largest absolute Gasteiger partial charge is 0.490 e. The summed E-state index contributed by atoms with van der Waals surface area (Å²) in [6.45, 7) is 6.63. The number of aliphatic hydroxyl groups is 1. The van der Waals surface area contributed by atoms with Gasteiger partial charge in [-0.1, -0.05) is 42.1 Å². The zero-order chi connectivity index (χ0) is 19.4. The molecule has 0 aliphatic carbocycles. The SMILES string of the molecule is CCn1c(SC[C@H](O)COc2c(C)cccc2C)nc2ccccc2c1=O. The van der Waals surface area contributed by atoms with Gasteiger partial charge in [0.05, 0.1) is 17.0 Å². The van der Waals surface area contributed by atoms with Crippen molar-refractivity contribution in [2.45, 2.75) is 38.6 Å². The Kier molecular flexibility index (Phi) is 6.19. The smallest absolute Gasteiger partial charge is 0.262 e. The minimum Gasteiger partial charge on any atom is -0.490 e. The number of rotatable bonds is 7. The summed E-state index contributed by atoms with van der Waals surface area (Å²) in [6, 6.07) is 13.3. The molecule has 1 aromatic heterocycles. The van der Waals surface area contributed by atoms with Gasteiger partial charge in [-0.05, 0) is 44.0 Å². The maximum Gasteiger partial charge on any atom is 0.262 e. The van der Waals surface area contributed by atoms with Gasteiger partial charge in [-0.25, -0.2) is 4.98 Å². The zero-order valence-corrected chi connectivity index (χ0v) is 16.6. The summed E-state index contributed by atoms with van der Waals surface area (Å²) >= 11 is 1.37. The molecular formula is C21H24N2O3S. The molecule has 0 saturated heterocycles. The molecule has 0 spiro atoms. The van der Waals surface area contributed by atoms with Crippen LogP contribution in [0.5, 0.6) is 5.75 Å². The van der Waals surface area contributed by atoms with Crippen LogP contribution in [0, 0.1) is 13.8 Å². The van der Waals surface area contributed by atoms with E-state index in [4.69, 9.17) is 4.74 Å². The van der Waals surface area contributed by atoms with E-state index in [9.17, 15) is 9.90 Å². The molecule has 1 heterocycles. The molecule has 0 bridgehead atoms. The van der Waals surface area contributed by atoms with Crippen LogP contribution in [0.2, 0.25) is 0 Å². The molecule has 2 aromatic carbocycles. The Labute approximate surface area is 163 Å². The summed E-state index contributed by atoms with van der Waals surface area (Å²) in [7, 11) is 0. The van der Waals surface area contributed by atoms with Crippen molar-refractivity contribution in [2.75, 3.05) is 12.4 Å². The fourth-order valence-corrected chi connectivity index (χ4v) is 3.93. The second-order valence-corrected chi connectivity index (χ2v) is 7.44. The summed E-state index contributed by atoms with van der Waals surface area (Å²) in [5.41, 5.74) is 2.72. The molecule has 1 atom stereocenters. The van der Waals surface area contributed by atoms with E-state index in [0.29, 0.717) is 28.4 Å². The minimum absolute atomic E-state index is 0.0492. The minimum atomic E-state index is -0.664. The van der Waals surface area contributed by atoms with Gasteiger partial charge in [0.1, 0.15) is 12.4 Å². The quantitative estimate of drug-likeness (QED) is 0.498. The van der Waals surface area contributed by atoms with E-state index in [2.05, 4.69) is 4.98 Å². The Balaban J connectivity index is 1.70. The third-order valence-electron chi connectivity index (χ3n) is 4.38. The first-order valence-corrected chi connectivity index (χ1v) is 9.99. The van der Waals surface area contributed by atoms with Gasteiger partial charge in [-0.15, -0.1) is 0 Å². The van der Waals surface area contributed by atoms with Crippen molar-refractivity contribution >= 4 is 22.7 Å². The van der Waals surface area contributed by atoms with Gasteiger partial charge < -0.3 is 9.84 Å². The molecule has 0 unspecified atom stereocenters. The number of fused-ring (bicyclic) bond motifs is 1. The number of aliphatic hydroxyl groups excluding tert-OH is 1. The van der Waals surface area contributed by atoms with Gasteiger partial charge in [0.15, 0.2) is 5.16 Å². The molecule has 3 rings (SSSR count). The molecule has 1 N–H and O–H groups in total. The van der Waals surface area contributed by atoms with E-state index in [1.54, 1.807) is 10.6 Å². The van der Waals surface area contributed by atoms with Gasteiger partial charge in [0.25, 0.3) is 5.56 Å². The van der Waals surface area contributed by atoms with Crippen molar-refractivity contribution < 1.29 is 9.84 Å². The number of ether oxygens (including phenoxy) is 1. The molecule has 6 heteroatoms. The second kappa shape index (κ2) is 8.59. The highest BCUT2D eigenvalue weighted by molar-refractivity contribution is 7.99. The van der Waals surface area contributed by atoms with Crippen LogP contribution in [0.1, 0.15) is 18.1 Å². The number of para-hydroxylation sites is 2. The zero-order valence-electron chi connectivity index (χ0n) is 15.8. The van der Waals surface area contributed by atoms with Gasteiger partial charge in [0, 0.05) is 12.3 Å². The first-order chi connectivity index (χ1) is 13.0. The van der Waals surface area contributed by atoms with Crippen LogP contribution >= 0.6 is 11.8 Å². The van der Waals surface area contributed by atoms with E-state index in [-0.39, 0.29) is 12.2 Å². The van der Waals surface area contributed by atoms with Crippen LogP contribution in [-0.4, -0.2) is 33.1 Å². The highest BCUT2D eigenvalue weighted by Crippen LogP contribution is 2.23. The fourth-order valence-electron chi connectivity index (χ4n) is 2.96. The molecular weight excluding hydrogens is 360 g/mol. The Morgan fingerprint density at radius 2 is 1.85 bits per heavy atom. The lowest BCUT2D eigenvalue weighted by Crippen LogP contribution is -2.24. The molecule has 0 amide bonds. The van der Waals surface area contributed by atoms with Crippen LogP contribution in [-0.2, 0) is 6.54 Å². The highest BCUT2D eigenvalue weighted by Gasteiger charge is 2.14. The van der Waals surface area contributed by atoms with Crippen LogP contribution < -0.4 is 10.3 Å². The lowest BCUT2D eigenvalue weighted by atomic mass is 10.1. The topological polar surface area (TPSA) is 64.3 Å². The summed E-state index contributed by atoms with van der Waals surface area (Å²) < 4.78 is 7.46. The Morgan fingerprint density at radius 1 is 1.15 bits per heavy atom. The maximum absolute atomic E-state index is 12.6. The molecule has 3 aromatic rings. The molecule has 0 saturated carbocycles. The van der Waals surface area contributed by atoms with Crippen LogP contribution in [0.4, 0.5) is 0 Å². The van der Waals surface area contributed by atoms with Crippen LogP contribution in [0.3, 0.4) is 0 Å². The van der Waals surface area contributed by atoms with Gasteiger partial charge in [-0.2, -0.15) is 0 Å². The van der Waals surface area contributed by atoms with E-state index in [1.165, 1.54) is 11.8 Å². The van der Waals surface area contributed by atoms with Gasteiger partial charge >= 0.3 is 0 Å². The molecule has 0 radical (unpaired) electrons. The van der Waals surface area contributed by atoms with Crippen molar-refractivity contribution in [3.63, 3.8) is 0 Å². The van der Waals surface area contributed by atoms with Crippen LogP contribution in [0.25, 0.3) is 10.9 Å². The monoisotopic (exact) mass is 384 g/mol. The van der Waals surface area contributed by atoms with Crippen molar-refractivity contribution in [1.82, 2.24) is 9.55 Å². The summed E-state index contributed by atoms with van der Waals surface area (Å²) in [6.07, 6.45) is -0.664. The molecule has 142 valence electrons. The summed E-state index contributed by atoms with van der Waals surface area (Å²) in [5.74, 6) is 1.21. The molecule has 27 heavy (non-hydrogen) atoms. The number of benzene rings is 2. The molecule has 5 nitrogen and oxygen atoms in total. The van der Waals surface area contributed by atoms with Crippen molar-refractivity contribution in [3.05, 3.63) is 63.9 Å². The summed E-state index contributed by atoms with van der Waals surface area (Å²) in [5, 5.41) is 11.6. The number of aryl methyl sites for hydroxylation is 2. The predicted molar refractivity (Wildman–Crippen MR) is 110 cm³/mol. The highest BCUT2D eigenvalue weighted by atomic mass is 32.2. The Hall–Kier alpha value is -2.31. The average molecular weight is 385 g/mol. The third-order valence-corrected chi connectivity index (χ3v) is 5.50. The normalized spacial score (nSPS) is 12.3. The van der Waals surface area contributed by atoms with Crippen molar-refractivity contribution in [2.24, 2.45) is 0 Å². The second-order valence-electron chi connectivity index (χ2n) is 6.46. The first-order valence-electron chi connectivity index (χ1n) is 9.00. The maximum atomic E-state index is 12.6. The first kappa shape index (κ1) is 19.5. The number of hydrogen-bond donors (Lipinski definition) is 1. The summed E-state index contributed by atoms with van der Waals surface area (Å²) in [4.78, 5) is 17.2. The molecule has 0 aliphatic rings. The van der Waals surface area contributed by atoms with Crippen LogP contribution in [0.15, 0.2) is 52.4 Å². The molecule has 0 aliphatic heterocycles. The van der Waals surface area contributed by atoms with E-state index in [1.807, 2.05) is 57.2 Å². The number of nitrogens with zero attached hydrogens (tertiary/aromatic N) is 2. The average Bonchev–Trinajstić information content (AvgIpc) is 2.66. The lowest BCUT2D eigenvalue weighted by molar-refractivity contribution is 0.125. The van der Waals surface area contributed by atoms with Gasteiger partial charge in [-0.3, -0.25) is 9.36 Å². The molecule has 0 fully saturated rings. The lowest BCUT2D eigenvalue weighted by Gasteiger charge is -2.16. The predicted octanol–water partition coefficient (Wildman–Crippen LogP) is 3.57. The van der Waals surface area contributed by atoms with Crippen molar-refractivity contribution in [1.29, 1.82) is 0 Å². The Bertz CT molecular complexity index is 980. The van der Waals surface area contributed by atoms with E-state index >= 15 is 0 Å². The fraction of sp³-hybridized carbons (Fsp3) is 0.333. The van der Waals surface area contributed by atoms with Gasteiger partial charge in [0.2, 0.25) is 0 Å². The number of aromatic nitrogens is 2.